The quantitative estimate of drug-likeness (QED) is 0.445. The molecule has 2 aliphatic heterocycles. The van der Waals surface area contributed by atoms with Crippen molar-refractivity contribution < 1.29 is 14.3 Å². The number of methoxy groups -OCH3 is 1. The average Bonchev–Trinajstić information content (AvgIpc) is 3.46. The maximum Gasteiger partial charge on any atom is 0.320 e. The van der Waals surface area contributed by atoms with Crippen LogP contribution in [0.4, 0.5) is 16.3 Å². The first-order valence-corrected chi connectivity index (χ1v) is 12.5. The predicted octanol–water partition coefficient (Wildman–Crippen LogP) is 3.91. The van der Waals surface area contributed by atoms with E-state index in [0.717, 1.165) is 43.9 Å². The van der Waals surface area contributed by atoms with E-state index in [1.807, 2.05) is 35.8 Å². The molecule has 1 saturated heterocycles. The summed E-state index contributed by atoms with van der Waals surface area (Å²) in [6, 6.07) is 4.00. The van der Waals surface area contributed by atoms with Crippen LogP contribution in [-0.2, 0) is 17.7 Å². The van der Waals surface area contributed by atoms with Gasteiger partial charge in [-0.1, -0.05) is 0 Å². The molecule has 2 atom stereocenters. The number of carbonyl (C=O) groups excluding carboxylic acids is 1. The van der Waals surface area contributed by atoms with Crippen molar-refractivity contribution in [2.75, 3.05) is 32.1 Å². The number of thiophene rings is 1. The Morgan fingerprint density at radius 2 is 2.06 bits per heavy atom. The van der Waals surface area contributed by atoms with Gasteiger partial charge in [-0.05, 0) is 31.9 Å². The molecule has 2 N–H and O–H groups in total. The summed E-state index contributed by atoms with van der Waals surface area (Å²) in [7, 11) is 1.65. The molecule has 11 heteroatoms. The van der Waals surface area contributed by atoms with Gasteiger partial charge in [0.05, 0.1) is 48.6 Å². The van der Waals surface area contributed by atoms with Gasteiger partial charge >= 0.3 is 6.03 Å². The molecule has 0 bridgehead atoms. The van der Waals surface area contributed by atoms with E-state index in [1.54, 1.807) is 31.0 Å². The van der Waals surface area contributed by atoms with Gasteiger partial charge < -0.3 is 24.6 Å². The number of H-pyrrole nitrogens is 1. The van der Waals surface area contributed by atoms with Gasteiger partial charge in [-0.25, -0.2) is 14.8 Å². The minimum atomic E-state index is 0.0505. The van der Waals surface area contributed by atoms with Crippen LogP contribution in [-0.4, -0.2) is 74.9 Å². The van der Waals surface area contributed by atoms with E-state index < -0.39 is 0 Å². The van der Waals surface area contributed by atoms with Crippen LogP contribution < -0.4 is 10.1 Å². The number of nitrogens with zero attached hydrogens (tertiary/aromatic N) is 5. The van der Waals surface area contributed by atoms with Crippen LogP contribution in [0.15, 0.2) is 24.7 Å². The van der Waals surface area contributed by atoms with E-state index >= 15 is 0 Å². The molecule has 3 aromatic heterocycles. The smallest absolute Gasteiger partial charge is 0.320 e. The highest BCUT2D eigenvalue weighted by molar-refractivity contribution is 7.19. The molecule has 0 aliphatic carbocycles. The molecule has 2 unspecified atom stereocenters. The van der Waals surface area contributed by atoms with Crippen LogP contribution in [0.2, 0.25) is 0 Å². The summed E-state index contributed by atoms with van der Waals surface area (Å²) in [5, 5.41) is 12.5. The zero-order valence-corrected chi connectivity index (χ0v) is 20.7. The molecule has 35 heavy (non-hydrogen) atoms. The number of amides is 2. The lowest BCUT2D eigenvalue weighted by Crippen LogP contribution is -2.53. The van der Waals surface area contributed by atoms with Gasteiger partial charge in [-0.15, -0.1) is 11.3 Å². The van der Waals surface area contributed by atoms with Crippen LogP contribution in [0.5, 0.6) is 5.75 Å². The molecule has 10 nitrogen and oxygen atoms in total. The molecule has 0 radical (unpaired) electrons. The summed E-state index contributed by atoms with van der Waals surface area (Å²) in [4.78, 5) is 28.3. The topological polar surface area (TPSA) is 108 Å². The largest absolute Gasteiger partial charge is 0.494 e. The molecule has 0 saturated carbocycles. The first kappa shape index (κ1) is 22.1. The minimum Gasteiger partial charge on any atom is -0.494 e. The molecule has 2 amide bonds. The van der Waals surface area contributed by atoms with Crippen LogP contribution >= 0.6 is 11.3 Å². The van der Waals surface area contributed by atoms with Crippen molar-refractivity contribution in [2.24, 2.45) is 0 Å². The maximum atomic E-state index is 13.3. The summed E-state index contributed by atoms with van der Waals surface area (Å²) in [5.41, 5.74) is 2.93. The van der Waals surface area contributed by atoms with Gasteiger partial charge in [0.25, 0.3) is 0 Å². The molecule has 5 heterocycles. The fraction of sp³-hybridized carbons (Fsp3) is 0.417. The Balaban J connectivity index is 1.30. The Bertz CT molecular complexity index is 1410. The van der Waals surface area contributed by atoms with Gasteiger partial charge in [-0.2, -0.15) is 5.10 Å². The minimum absolute atomic E-state index is 0.0505. The average molecular weight is 494 g/mol. The maximum absolute atomic E-state index is 13.3. The summed E-state index contributed by atoms with van der Waals surface area (Å²) in [5.74, 6) is 1.44. The van der Waals surface area contributed by atoms with Gasteiger partial charge in [0.2, 0.25) is 0 Å². The second kappa shape index (κ2) is 8.65. The summed E-state index contributed by atoms with van der Waals surface area (Å²) >= 11 is 1.63. The predicted molar refractivity (Wildman–Crippen MR) is 134 cm³/mol. The lowest BCUT2D eigenvalue weighted by Gasteiger charge is -2.39. The van der Waals surface area contributed by atoms with Crippen LogP contribution in [0, 0.1) is 0 Å². The van der Waals surface area contributed by atoms with Crippen molar-refractivity contribution in [1.82, 2.24) is 30.0 Å². The number of aromatic amines is 1. The van der Waals surface area contributed by atoms with E-state index in [9.17, 15) is 4.79 Å². The molecule has 1 aromatic carbocycles. The number of ether oxygens (including phenoxy) is 2. The summed E-state index contributed by atoms with van der Waals surface area (Å²) in [6.45, 7) is 6.53. The van der Waals surface area contributed by atoms with Crippen molar-refractivity contribution >= 4 is 50.0 Å². The second-order valence-corrected chi connectivity index (χ2v) is 10.2. The highest BCUT2D eigenvalue weighted by atomic mass is 32.1. The fourth-order valence-corrected chi connectivity index (χ4v) is 6.29. The number of aromatic nitrogens is 4. The van der Waals surface area contributed by atoms with Crippen LogP contribution in [0.1, 0.15) is 24.3 Å². The number of fused-ring (bicyclic) bond motifs is 4. The lowest BCUT2D eigenvalue weighted by molar-refractivity contribution is -0.0585. The first-order valence-electron chi connectivity index (χ1n) is 11.7. The molecule has 4 aromatic rings. The Morgan fingerprint density at radius 3 is 2.86 bits per heavy atom. The van der Waals surface area contributed by atoms with Crippen molar-refractivity contribution in [2.45, 2.75) is 39.0 Å². The third kappa shape index (κ3) is 3.94. The molecular weight excluding hydrogens is 466 g/mol. The number of hydrogen-bond acceptors (Lipinski definition) is 8. The summed E-state index contributed by atoms with van der Waals surface area (Å²) in [6.07, 6.45) is 4.22. The molecule has 1 fully saturated rings. The van der Waals surface area contributed by atoms with Crippen molar-refractivity contribution in [3.63, 3.8) is 0 Å². The normalized spacial score (nSPS) is 20.3. The van der Waals surface area contributed by atoms with E-state index in [0.29, 0.717) is 31.9 Å². The lowest BCUT2D eigenvalue weighted by atomic mass is 10.0. The number of benzene rings is 1. The molecule has 6 rings (SSSR count). The number of hydrogen-bond donors (Lipinski definition) is 2. The molecule has 0 spiro atoms. The standard InChI is InChI=1S/C24H27N7O3S/c1-13-9-31(10-14(2)34-13)24(32)30-5-4-16-20(11-30)35-23-21(16)22(25-12-26-23)28-18-6-15-8-27-29-17(15)7-19(18)33-3/h6-8,12-14H,4-5,9-11H2,1-3H3,(H,27,29)(H,25,26,28). The zero-order valence-electron chi connectivity index (χ0n) is 19.9. The monoisotopic (exact) mass is 493 g/mol. The first-order chi connectivity index (χ1) is 17.0. The number of urea groups is 1. The number of carbonyl (C=O) groups is 1. The highest BCUT2D eigenvalue weighted by Gasteiger charge is 2.32. The Hall–Kier alpha value is -3.44. The Labute approximate surface area is 206 Å². The molecule has 2 aliphatic rings. The van der Waals surface area contributed by atoms with E-state index in [1.165, 1.54) is 5.56 Å². The Morgan fingerprint density at radius 1 is 1.23 bits per heavy atom. The number of rotatable bonds is 3. The SMILES string of the molecule is COc1cc2[nH]ncc2cc1Nc1ncnc2sc3c(c12)CCN(C(=O)N1CC(C)OC(C)C1)C3. The van der Waals surface area contributed by atoms with E-state index in [4.69, 9.17) is 9.47 Å². The van der Waals surface area contributed by atoms with Crippen molar-refractivity contribution in [1.29, 1.82) is 0 Å². The van der Waals surface area contributed by atoms with Gasteiger partial charge in [0.15, 0.2) is 0 Å². The molecule has 182 valence electrons. The fourth-order valence-electron chi connectivity index (χ4n) is 5.09. The summed E-state index contributed by atoms with van der Waals surface area (Å²) < 4.78 is 11.4. The van der Waals surface area contributed by atoms with Crippen LogP contribution in [0.25, 0.3) is 21.1 Å². The van der Waals surface area contributed by atoms with Crippen LogP contribution in [0.3, 0.4) is 0 Å². The zero-order chi connectivity index (χ0) is 24.1. The Kier molecular flexibility index (Phi) is 5.45. The highest BCUT2D eigenvalue weighted by Crippen LogP contribution is 2.40. The molecular formula is C24H27N7O3S. The van der Waals surface area contributed by atoms with E-state index in [2.05, 4.69) is 25.5 Å². The van der Waals surface area contributed by atoms with Gasteiger partial charge in [-0.3, -0.25) is 5.10 Å². The van der Waals surface area contributed by atoms with Crippen molar-refractivity contribution in [3.8, 4) is 5.75 Å². The number of nitrogens with one attached hydrogen (secondary N) is 2. The van der Waals surface area contributed by atoms with Gasteiger partial charge in [0, 0.05) is 36.0 Å². The third-order valence-electron chi connectivity index (χ3n) is 6.61. The van der Waals surface area contributed by atoms with E-state index in [-0.39, 0.29) is 18.2 Å². The second-order valence-electron chi connectivity index (χ2n) is 9.16. The van der Waals surface area contributed by atoms with Crippen molar-refractivity contribution in [3.05, 3.63) is 35.1 Å². The third-order valence-corrected chi connectivity index (χ3v) is 7.74. The van der Waals surface area contributed by atoms with Gasteiger partial charge in [0.1, 0.15) is 22.7 Å². The number of morpholine rings is 1. The number of anilines is 2.